The number of nitrogens with two attached hydrogens (primary N) is 1. The number of amidine groups is 1. The summed E-state index contributed by atoms with van der Waals surface area (Å²) in [7, 11) is -2.94. The Bertz CT molecular complexity index is 297. The molecule has 0 aromatic carbocycles. The van der Waals surface area contributed by atoms with E-state index in [1.807, 2.05) is 0 Å². The number of hydrogen-bond donors (Lipinski definition) is 2. The van der Waals surface area contributed by atoms with E-state index in [9.17, 15) is 8.42 Å². The van der Waals surface area contributed by atoms with E-state index >= 15 is 0 Å². The molecule has 5 heteroatoms. The zero-order valence-electron chi connectivity index (χ0n) is 7.79. The second-order valence-corrected chi connectivity index (χ2v) is 6.10. The maximum Gasteiger partial charge on any atom is 0.150 e. The van der Waals surface area contributed by atoms with Crippen LogP contribution in [0.15, 0.2) is 0 Å². The third kappa shape index (κ3) is 2.69. The summed E-state index contributed by atoms with van der Waals surface area (Å²) in [5, 5.41) is 6.98. The molecule has 0 amide bonds. The summed E-state index contributed by atoms with van der Waals surface area (Å²) in [5.41, 5.74) is 5.36. The van der Waals surface area contributed by atoms with Crippen LogP contribution in [0.5, 0.6) is 0 Å². The highest BCUT2D eigenvalue weighted by Gasteiger charge is 2.29. The third-order valence-corrected chi connectivity index (χ3v) is 4.31. The van der Waals surface area contributed by atoms with Gasteiger partial charge in [-0.05, 0) is 19.3 Å². The van der Waals surface area contributed by atoms with Crippen molar-refractivity contribution in [2.24, 2.45) is 11.7 Å². The molecule has 0 spiro atoms. The van der Waals surface area contributed by atoms with E-state index in [0.29, 0.717) is 6.42 Å². The fourth-order valence-electron chi connectivity index (χ4n) is 1.82. The minimum atomic E-state index is -2.94. The molecule has 1 aliphatic rings. The lowest BCUT2D eigenvalue weighted by molar-refractivity contribution is 0.429. The van der Waals surface area contributed by atoms with Crippen molar-refractivity contribution in [2.45, 2.75) is 30.9 Å². The zero-order valence-corrected chi connectivity index (χ0v) is 8.60. The van der Waals surface area contributed by atoms with Crippen LogP contribution in [0.3, 0.4) is 0 Å². The van der Waals surface area contributed by atoms with E-state index in [-0.39, 0.29) is 17.0 Å². The van der Waals surface area contributed by atoms with Crippen LogP contribution in [0.4, 0.5) is 0 Å². The lowest BCUT2D eigenvalue weighted by atomic mass is 9.88. The van der Waals surface area contributed by atoms with E-state index in [4.69, 9.17) is 11.1 Å². The van der Waals surface area contributed by atoms with E-state index in [0.717, 1.165) is 19.3 Å². The maximum absolute atomic E-state index is 11.2. The molecule has 0 aliphatic heterocycles. The minimum absolute atomic E-state index is 0.0199. The molecular weight excluding hydrogens is 188 g/mol. The first-order valence-corrected chi connectivity index (χ1v) is 6.39. The normalized spacial score (nSPS) is 29.9. The van der Waals surface area contributed by atoms with Crippen molar-refractivity contribution in [1.29, 1.82) is 5.41 Å². The average molecular weight is 204 g/mol. The quantitative estimate of drug-likeness (QED) is 0.508. The van der Waals surface area contributed by atoms with Gasteiger partial charge in [-0.1, -0.05) is 6.42 Å². The Morgan fingerprint density at radius 1 is 1.46 bits per heavy atom. The number of hydrogen-bond acceptors (Lipinski definition) is 3. The van der Waals surface area contributed by atoms with E-state index in [1.54, 1.807) is 0 Å². The second kappa shape index (κ2) is 3.65. The Morgan fingerprint density at radius 2 is 2.08 bits per heavy atom. The highest BCUT2D eigenvalue weighted by Crippen LogP contribution is 2.28. The molecule has 0 radical (unpaired) electrons. The molecule has 3 N–H and O–H groups in total. The van der Waals surface area contributed by atoms with Crippen LogP contribution in [-0.4, -0.2) is 25.8 Å². The van der Waals surface area contributed by atoms with Gasteiger partial charge in [0, 0.05) is 12.2 Å². The van der Waals surface area contributed by atoms with Crippen molar-refractivity contribution in [3.8, 4) is 0 Å². The molecule has 0 saturated heterocycles. The number of nitrogens with one attached hydrogen (secondary N) is 1. The smallest absolute Gasteiger partial charge is 0.150 e. The minimum Gasteiger partial charge on any atom is -0.387 e. The molecule has 1 rings (SSSR count). The summed E-state index contributed by atoms with van der Waals surface area (Å²) in [6.07, 6.45) is 4.25. The molecule has 0 aromatic heterocycles. The lowest BCUT2D eigenvalue weighted by Gasteiger charge is -2.26. The van der Waals surface area contributed by atoms with Gasteiger partial charge in [-0.15, -0.1) is 0 Å². The van der Waals surface area contributed by atoms with Gasteiger partial charge < -0.3 is 5.73 Å². The molecule has 0 heterocycles. The fourth-order valence-corrected chi connectivity index (χ4v) is 2.99. The Kier molecular flexibility index (Phi) is 2.95. The molecule has 4 nitrogen and oxygen atoms in total. The molecular formula is C8H16N2O2S. The molecule has 1 fully saturated rings. The first kappa shape index (κ1) is 10.5. The van der Waals surface area contributed by atoms with Gasteiger partial charge in [0.25, 0.3) is 0 Å². The monoisotopic (exact) mass is 204 g/mol. The van der Waals surface area contributed by atoms with E-state index in [1.165, 1.54) is 6.26 Å². The molecule has 76 valence electrons. The number of sulfone groups is 1. The first-order chi connectivity index (χ1) is 5.91. The molecule has 0 bridgehead atoms. The lowest BCUT2D eigenvalue weighted by Crippen LogP contribution is -2.33. The summed E-state index contributed by atoms with van der Waals surface area (Å²) >= 11 is 0. The Balaban J connectivity index is 2.67. The molecule has 1 aliphatic carbocycles. The van der Waals surface area contributed by atoms with Crippen LogP contribution < -0.4 is 5.73 Å². The largest absolute Gasteiger partial charge is 0.387 e. The summed E-state index contributed by atoms with van der Waals surface area (Å²) in [6, 6.07) is 0. The number of rotatable bonds is 2. The van der Waals surface area contributed by atoms with Crippen LogP contribution in [0.2, 0.25) is 0 Å². The van der Waals surface area contributed by atoms with Gasteiger partial charge in [-0.25, -0.2) is 8.42 Å². The zero-order chi connectivity index (χ0) is 10.1. The first-order valence-electron chi connectivity index (χ1n) is 4.44. The summed E-state index contributed by atoms with van der Waals surface area (Å²) in [6.45, 7) is 0. The Labute approximate surface area is 78.9 Å². The predicted octanol–water partition coefficient (Wildman–Crippen LogP) is 0.526. The van der Waals surface area contributed by atoms with Crippen LogP contribution >= 0.6 is 0 Å². The van der Waals surface area contributed by atoms with Crippen LogP contribution in [0.25, 0.3) is 0 Å². The van der Waals surface area contributed by atoms with Gasteiger partial charge in [0.2, 0.25) is 0 Å². The predicted molar refractivity (Wildman–Crippen MR) is 52.5 cm³/mol. The highest BCUT2D eigenvalue weighted by molar-refractivity contribution is 7.91. The van der Waals surface area contributed by atoms with Gasteiger partial charge in [0.15, 0.2) is 0 Å². The van der Waals surface area contributed by atoms with Crippen LogP contribution in [-0.2, 0) is 9.84 Å². The molecule has 2 atom stereocenters. The molecule has 13 heavy (non-hydrogen) atoms. The Hall–Kier alpha value is -0.580. The van der Waals surface area contributed by atoms with Gasteiger partial charge in [0.1, 0.15) is 9.84 Å². The van der Waals surface area contributed by atoms with Crippen molar-refractivity contribution >= 4 is 15.7 Å². The Morgan fingerprint density at radius 3 is 2.54 bits per heavy atom. The molecule has 1 saturated carbocycles. The van der Waals surface area contributed by atoms with Crippen molar-refractivity contribution < 1.29 is 8.42 Å². The second-order valence-electron chi connectivity index (χ2n) is 3.77. The summed E-state index contributed by atoms with van der Waals surface area (Å²) in [5.74, 6) is 0.113. The van der Waals surface area contributed by atoms with Crippen molar-refractivity contribution in [2.75, 3.05) is 6.26 Å². The van der Waals surface area contributed by atoms with Crippen molar-refractivity contribution in [1.82, 2.24) is 0 Å². The van der Waals surface area contributed by atoms with E-state index in [2.05, 4.69) is 0 Å². The molecule has 0 aromatic rings. The topological polar surface area (TPSA) is 84.0 Å². The van der Waals surface area contributed by atoms with E-state index < -0.39 is 9.84 Å². The van der Waals surface area contributed by atoms with Crippen LogP contribution in [0.1, 0.15) is 25.7 Å². The molecule has 2 unspecified atom stereocenters. The average Bonchev–Trinajstić information content (AvgIpc) is 2.03. The summed E-state index contributed by atoms with van der Waals surface area (Å²) < 4.78 is 22.5. The van der Waals surface area contributed by atoms with Gasteiger partial charge >= 0.3 is 0 Å². The van der Waals surface area contributed by atoms with Gasteiger partial charge in [-0.2, -0.15) is 0 Å². The van der Waals surface area contributed by atoms with Gasteiger partial charge in [-0.3, -0.25) is 5.41 Å². The standard InChI is InChI=1S/C8H16N2O2S/c1-13(11,12)7-4-2-3-6(5-7)8(9)10/h6-7H,2-5H2,1H3,(H3,9,10). The van der Waals surface area contributed by atoms with Crippen LogP contribution in [0, 0.1) is 11.3 Å². The van der Waals surface area contributed by atoms with Crippen molar-refractivity contribution in [3.63, 3.8) is 0 Å². The highest BCUT2D eigenvalue weighted by atomic mass is 32.2. The maximum atomic E-state index is 11.2. The van der Waals surface area contributed by atoms with Gasteiger partial charge in [0.05, 0.1) is 11.1 Å². The fraction of sp³-hybridized carbons (Fsp3) is 0.875. The third-order valence-electron chi connectivity index (χ3n) is 2.67. The van der Waals surface area contributed by atoms with Crippen molar-refractivity contribution in [3.05, 3.63) is 0 Å². The SMILES string of the molecule is CS(=O)(=O)C1CCCC(C(=N)N)C1. The summed E-state index contributed by atoms with van der Waals surface area (Å²) in [4.78, 5) is 0.